The van der Waals surface area contributed by atoms with E-state index in [0.717, 1.165) is 0 Å². The Balaban J connectivity index is 1.75. The Bertz CT molecular complexity index is 674. The molecular weight excluding hydrogens is 294 g/mol. The molecule has 5 nitrogen and oxygen atoms in total. The van der Waals surface area contributed by atoms with Gasteiger partial charge in [-0.15, -0.1) is 0 Å². The van der Waals surface area contributed by atoms with Crippen LogP contribution in [0.2, 0.25) is 0 Å². The highest BCUT2D eigenvalue weighted by atomic mass is 16.5. The van der Waals surface area contributed by atoms with E-state index in [2.05, 4.69) is 0 Å². The number of benzene rings is 2. The number of aliphatic hydroxyl groups excluding tert-OH is 1. The van der Waals surface area contributed by atoms with Crippen LogP contribution in [0, 0.1) is 0 Å². The van der Waals surface area contributed by atoms with Crippen molar-refractivity contribution in [1.82, 2.24) is 4.90 Å². The monoisotopic (exact) mass is 313 g/mol. The predicted molar refractivity (Wildman–Crippen MR) is 85.7 cm³/mol. The lowest BCUT2D eigenvalue weighted by molar-refractivity contribution is 0.0581. The topological polar surface area (TPSA) is 59.0 Å². The Morgan fingerprint density at radius 3 is 2.57 bits per heavy atom. The number of hydrogen-bond donors (Lipinski definition) is 1. The first-order chi connectivity index (χ1) is 11.1. The van der Waals surface area contributed by atoms with E-state index in [1.807, 2.05) is 30.3 Å². The van der Waals surface area contributed by atoms with Crippen molar-refractivity contribution in [3.8, 4) is 11.5 Å². The van der Waals surface area contributed by atoms with Crippen LogP contribution in [-0.2, 0) is 4.74 Å². The fourth-order valence-electron chi connectivity index (χ4n) is 2.57. The maximum atomic E-state index is 12.6. The molecule has 0 bridgehead atoms. The van der Waals surface area contributed by atoms with Gasteiger partial charge in [-0.25, -0.2) is 0 Å². The first-order valence-corrected chi connectivity index (χ1v) is 7.51. The zero-order valence-corrected chi connectivity index (χ0v) is 12.9. The maximum Gasteiger partial charge on any atom is 0.254 e. The molecule has 1 saturated heterocycles. The molecule has 3 rings (SSSR count). The van der Waals surface area contributed by atoms with Crippen molar-refractivity contribution < 1.29 is 19.4 Å². The minimum Gasteiger partial charge on any atom is -0.457 e. The lowest BCUT2D eigenvalue weighted by Gasteiger charge is -2.25. The summed E-state index contributed by atoms with van der Waals surface area (Å²) in [6.07, 6.45) is -0.646. The number of para-hydroxylation sites is 1. The van der Waals surface area contributed by atoms with Crippen molar-refractivity contribution in [3.05, 3.63) is 60.2 Å². The summed E-state index contributed by atoms with van der Waals surface area (Å²) >= 11 is 0. The Morgan fingerprint density at radius 2 is 1.87 bits per heavy atom. The number of aliphatic hydroxyl groups is 1. The largest absolute Gasteiger partial charge is 0.457 e. The third-order valence-corrected chi connectivity index (χ3v) is 3.90. The third-order valence-electron chi connectivity index (χ3n) is 3.90. The molecule has 1 heterocycles. The van der Waals surface area contributed by atoms with Crippen molar-refractivity contribution >= 4 is 5.91 Å². The average molecular weight is 313 g/mol. The molecule has 2 aromatic rings. The van der Waals surface area contributed by atoms with Crippen molar-refractivity contribution in [2.24, 2.45) is 0 Å². The summed E-state index contributed by atoms with van der Waals surface area (Å²) in [5.41, 5.74) is 0.514. The smallest absolute Gasteiger partial charge is 0.254 e. The van der Waals surface area contributed by atoms with Crippen LogP contribution in [-0.4, -0.2) is 48.3 Å². The quantitative estimate of drug-likeness (QED) is 0.941. The summed E-state index contributed by atoms with van der Waals surface area (Å²) in [6, 6.07) is 16.1. The molecular formula is C18H19NO4. The van der Waals surface area contributed by atoms with Crippen molar-refractivity contribution in [2.45, 2.75) is 12.1 Å². The number of carbonyl (C=O) groups excluding carboxylic acids is 1. The van der Waals surface area contributed by atoms with Crippen LogP contribution in [0.4, 0.5) is 0 Å². The van der Waals surface area contributed by atoms with E-state index < -0.39 is 6.10 Å². The molecule has 0 saturated carbocycles. The summed E-state index contributed by atoms with van der Waals surface area (Å²) in [4.78, 5) is 14.1. The van der Waals surface area contributed by atoms with Gasteiger partial charge in [-0.1, -0.05) is 24.3 Å². The predicted octanol–water partition coefficient (Wildman–Crippen LogP) is 2.31. The zero-order valence-electron chi connectivity index (χ0n) is 12.9. The van der Waals surface area contributed by atoms with Gasteiger partial charge >= 0.3 is 0 Å². The molecule has 0 aromatic heterocycles. The lowest BCUT2D eigenvalue weighted by Crippen LogP contribution is -2.44. The minimum atomic E-state index is -0.646. The summed E-state index contributed by atoms with van der Waals surface area (Å²) in [7, 11) is 1.68. The molecule has 2 aromatic carbocycles. The molecule has 1 N–H and O–H groups in total. The molecule has 23 heavy (non-hydrogen) atoms. The van der Waals surface area contributed by atoms with Crippen LogP contribution in [0.15, 0.2) is 54.6 Å². The summed E-state index contributed by atoms with van der Waals surface area (Å²) in [6.45, 7) is 0.614. The van der Waals surface area contributed by atoms with Crippen LogP contribution in [0.25, 0.3) is 0 Å². The number of ether oxygens (including phenoxy) is 2. The van der Waals surface area contributed by atoms with Gasteiger partial charge in [-0.2, -0.15) is 0 Å². The van der Waals surface area contributed by atoms with Gasteiger partial charge in [0.25, 0.3) is 5.91 Å². The van der Waals surface area contributed by atoms with E-state index in [4.69, 9.17) is 9.47 Å². The van der Waals surface area contributed by atoms with Gasteiger partial charge in [0.2, 0.25) is 0 Å². The fraction of sp³-hybridized carbons (Fsp3) is 0.278. The van der Waals surface area contributed by atoms with Gasteiger partial charge in [0.1, 0.15) is 11.5 Å². The van der Waals surface area contributed by atoms with Gasteiger partial charge in [0.05, 0.1) is 25.4 Å². The molecule has 1 amide bonds. The highest BCUT2D eigenvalue weighted by molar-refractivity contribution is 5.94. The molecule has 1 aliphatic rings. The second kappa shape index (κ2) is 6.81. The molecule has 2 atom stereocenters. The summed E-state index contributed by atoms with van der Waals surface area (Å²) in [5, 5.41) is 9.86. The first kappa shape index (κ1) is 15.5. The number of likely N-dealkylation sites (N-methyl/N-ethyl adjacent to an activating group) is 1. The van der Waals surface area contributed by atoms with E-state index in [0.29, 0.717) is 23.7 Å². The second-order valence-corrected chi connectivity index (χ2v) is 5.53. The Morgan fingerprint density at radius 1 is 1.13 bits per heavy atom. The number of amides is 1. The highest BCUT2D eigenvalue weighted by Gasteiger charge is 2.32. The number of hydrogen-bond acceptors (Lipinski definition) is 4. The lowest BCUT2D eigenvalue weighted by atomic mass is 10.1. The zero-order chi connectivity index (χ0) is 16.2. The van der Waals surface area contributed by atoms with Crippen LogP contribution in [0.3, 0.4) is 0 Å². The average Bonchev–Trinajstić information content (AvgIpc) is 3.01. The van der Waals surface area contributed by atoms with E-state index in [9.17, 15) is 9.90 Å². The van der Waals surface area contributed by atoms with E-state index >= 15 is 0 Å². The molecule has 0 unspecified atom stereocenters. The van der Waals surface area contributed by atoms with Crippen LogP contribution in [0.5, 0.6) is 11.5 Å². The maximum absolute atomic E-state index is 12.6. The van der Waals surface area contributed by atoms with Gasteiger partial charge in [-0.3, -0.25) is 4.79 Å². The van der Waals surface area contributed by atoms with E-state index in [1.54, 1.807) is 31.3 Å². The minimum absolute atomic E-state index is 0.168. The third kappa shape index (κ3) is 3.52. The van der Waals surface area contributed by atoms with Crippen LogP contribution in [0.1, 0.15) is 10.4 Å². The van der Waals surface area contributed by atoms with Crippen molar-refractivity contribution in [1.29, 1.82) is 0 Å². The molecule has 5 heteroatoms. The first-order valence-electron chi connectivity index (χ1n) is 7.51. The summed E-state index contributed by atoms with van der Waals surface area (Å²) in [5.74, 6) is 1.14. The van der Waals surface area contributed by atoms with E-state index in [1.165, 1.54) is 4.90 Å². The van der Waals surface area contributed by atoms with Crippen LogP contribution < -0.4 is 4.74 Å². The highest BCUT2D eigenvalue weighted by Crippen LogP contribution is 2.23. The fourth-order valence-corrected chi connectivity index (χ4v) is 2.57. The van der Waals surface area contributed by atoms with E-state index in [-0.39, 0.29) is 18.6 Å². The van der Waals surface area contributed by atoms with Crippen molar-refractivity contribution in [3.63, 3.8) is 0 Å². The number of carbonyl (C=O) groups is 1. The molecule has 1 fully saturated rings. The normalized spacial score (nSPS) is 20.3. The second-order valence-electron chi connectivity index (χ2n) is 5.53. The van der Waals surface area contributed by atoms with Crippen LogP contribution >= 0.6 is 0 Å². The molecule has 0 spiro atoms. The van der Waals surface area contributed by atoms with Gasteiger partial charge in [-0.05, 0) is 30.3 Å². The van der Waals surface area contributed by atoms with Gasteiger partial charge in [0.15, 0.2) is 0 Å². The molecule has 120 valence electrons. The molecule has 1 aliphatic heterocycles. The Labute approximate surface area is 135 Å². The molecule has 0 aliphatic carbocycles. The van der Waals surface area contributed by atoms with Gasteiger partial charge in [0, 0.05) is 12.6 Å². The SMILES string of the molecule is CN(C(=O)c1cccc(Oc2ccccc2)c1)[C@H]1COC[C@@H]1O. The Kier molecular flexibility index (Phi) is 4.60. The molecule has 0 radical (unpaired) electrons. The van der Waals surface area contributed by atoms with Crippen molar-refractivity contribution in [2.75, 3.05) is 20.3 Å². The summed E-state index contributed by atoms with van der Waals surface area (Å²) < 4.78 is 11.0. The standard InChI is InChI=1S/C18H19NO4/c1-19(16-11-22-12-17(16)20)18(21)13-6-5-9-15(10-13)23-14-7-3-2-4-8-14/h2-10,16-17,20H,11-12H2,1H3/t16-,17-/m0/s1. The number of nitrogens with zero attached hydrogens (tertiary/aromatic N) is 1. The van der Waals surface area contributed by atoms with Gasteiger partial charge < -0.3 is 19.5 Å². The Hall–Kier alpha value is -2.37. The number of rotatable bonds is 4.